The summed E-state index contributed by atoms with van der Waals surface area (Å²) in [5.74, 6) is -0.340. The van der Waals surface area contributed by atoms with Crippen LogP contribution in [0.5, 0.6) is 0 Å². The van der Waals surface area contributed by atoms with E-state index in [1.54, 1.807) is 25.1 Å². The molecule has 1 aromatic heterocycles. The maximum atomic E-state index is 12.4. The van der Waals surface area contributed by atoms with Crippen molar-refractivity contribution in [2.75, 3.05) is 24.7 Å². The summed E-state index contributed by atoms with van der Waals surface area (Å²) in [6.07, 6.45) is 2.19. The SMILES string of the molecule is Cc1cc2ccc(NC(=O)C3CCN(S(C)(=O)=O)CC3)cc2[nH]c1=O. The largest absolute Gasteiger partial charge is 0.326 e. The number of aryl methyl sites for hydroxylation is 1. The van der Waals surface area contributed by atoms with Crippen LogP contribution in [0.3, 0.4) is 0 Å². The zero-order valence-electron chi connectivity index (χ0n) is 14.2. The number of anilines is 1. The minimum atomic E-state index is -3.20. The third kappa shape index (κ3) is 3.91. The van der Waals surface area contributed by atoms with Crippen LogP contribution < -0.4 is 10.9 Å². The number of benzene rings is 1. The standard InChI is InChI=1S/C17H21N3O4S/c1-11-9-13-3-4-14(10-15(13)19-16(11)21)18-17(22)12-5-7-20(8-6-12)25(2,23)24/h3-4,9-10,12H,5-8H2,1-2H3,(H,18,22)(H,19,21). The molecule has 1 amide bonds. The Labute approximate surface area is 146 Å². The molecule has 0 unspecified atom stereocenters. The lowest BCUT2D eigenvalue weighted by Crippen LogP contribution is -2.40. The fourth-order valence-corrected chi connectivity index (χ4v) is 3.96. The maximum absolute atomic E-state index is 12.4. The molecule has 1 aliphatic heterocycles. The summed E-state index contributed by atoms with van der Waals surface area (Å²) < 4.78 is 24.5. The van der Waals surface area contributed by atoms with Gasteiger partial charge in [-0.15, -0.1) is 0 Å². The van der Waals surface area contributed by atoms with E-state index in [9.17, 15) is 18.0 Å². The van der Waals surface area contributed by atoms with E-state index in [-0.39, 0.29) is 17.4 Å². The van der Waals surface area contributed by atoms with Crippen molar-refractivity contribution in [1.29, 1.82) is 0 Å². The lowest BCUT2D eigenvalue weighted by Gasteiger charge is -2.29. The van der Waals surface area contributed by atoms with Crippen LogP contribution in [0, 0.1) is 12.8 Å². The highest BCUT2D eigenvalue weighted by molar-refractivity contribution is 7.88. The van der Waals surface area contributed by atoms with E-state index in [1.807, 2.05) is 6.07 Å². The van der Waals surface area contributed by atoms with Crippen molar-refractivity contribution >= 4 is 32.5 Å². The number of carbonyl (C=O) groups is 1. The molecule has 2 heterocycles. The van der Waals surface area contributed by atoms with Crippen molar-refractivity contribution in [3.05, 3.63) is 40.2 Å². The Hall–Kier alpha value is -2.19. The first-order valence-electron chi connectivity index (χ1n) is 8.14. The molecule has 8 heteroatoms. The van der Waals surface area contributed by atoms with Crippen LogP contribution in [0.2, 0.25) is 0 Å². The highest BCUT2D eigenvalue weighted by atomic mass is 32.2. The summed E-state index contributed by atoms with van der Waals surface area (Å²) in [7, 11) is -3.20. The van der Waals surface area contributed by atoms with Gasteiger partial charge in [0, 0.05) is 30.3 Å². The fraction of sp³-hybridized carbons (Fsp3) is 0.412. The molecule has 134 valence electrons. The van der Waals surface area contributed by atoms with Gasteiger partial charge in [0.15, 0.2) is 0 Å². The zero-order valence-corrected chi connectivity index (χ0v) is 15.0. The second kappa shape index (κ2) is 6.61. The molecular formula is C17H21N3O4S. The molecule has 0 radical (unpaired) electrons. The second-order valence-electron chi connectivity index (χ2n) is 6.51. The molecule has 0 saturated carbocycles. The number of rotatable bonds is 3. The summed E-state index contributed by atoms with van der Waals surface area (Å²) in [6.45, 7) is 2.47. The minimum Gasteiger partial charge on any atom is -0.326 e. The number of aromatic amines is 1. The number of carbonyl (C=O) groups excluding carboxylic acids is 1. The molecular weight excluding hydrogens is 342 g/mol. The summed E-state index contributed by atoms with van der Waals surface area (Å²) in [4.78, 5) is 27.0. The topological polar surface area (TPSA) is 99.3 Å². The number of piperidine rings is 1. The molecule has 7 nitrogen and oxygen atoms in total. The van der Waals surface area contributed by atoms with Crippen LogP contribution in [0.15, 0.2) is 29.1 Å². The van der Waals surface area contributed by atoms with Crippen LogP contribution in [-0.4, -0.2) is 43.0 Å². The second-order valence-corrected chi connectivity index (χ2v) is 8.49. The van der Waals surface area contributed by atoms with Gasteiger partial charge in [-0.1, -0.05) is 6.07 Å². The summed E-state index contributed by atoms with van der Waals surface area (Å²) >= 11 is 0. The van der Waals surface area contributed by atoms with E-state index in [0.29, 0.717) is 42.7 Å². The molecule has 0 spiro atoms. The van der Waals surface area contributed by atoms with Crippen LogP contribution in [-0.2, 0) is 14.8 Å². The van der Waals surface area contributed by atoms with Crippen LogP contribution >= 0.6 is 0 Å². The summed E-state index contributed by atoms with van der Waals surface area (Å²) in [5.41, 5.74) is 1.77. The highest BCUT2D eigenvalue weighted by Gasteiger charge is 2.28. The molecule has 25 heavy (non-hydrogen) atoms. The van der Waals surface area contributed by atoms with Gasteiger partial charge in [0.05, 0.1) is 11.8 Å². The van der Waals surface area contributed by atoms with Crippen molar-refractivity contribution in [3.8, 4) is 0 Å². The lowest BCUT2D eigenvalue weighted by atomic mass is 9.97. The van der Waals surface area contributed by atoms with Gasteiger partial charge in [-0.3, -0.25) is 9.59 Å². The van der Waals surface area contributed by atoms with Crippen LogP contribution in [0.25, 0.3) is 10.9 Å². The van der Waals surface area contributed by atoms with Gasteiger partial charge in [0.2, 0.25) is 15.9 Å². The maximum Gasteiger partial charge on any atom is 0.251 e. The normalized spacial score (nSPS) is 16.9. The van der Waals surface area contributed by atoms with E-state index in [1.165, 1.54) is 10.6 Å². The summed E-state index contributed by atoms with van der Waals surface area (Å²) in [6, 6.07) is 7.18. The predicted octanol–water partition coefficient (Wildman–Crippen LogP) is 1.45. The van der Waals surface area contributed by atoms with Crippen LogP contribution in [0.1, 0.15) is 18.4 Å². The van der Waals surface area contributed by atoms with Crippen molar-refractivity contribution in [3.63, 3.8) is 0 Å². The van der Waals surface area contributed by atoms with Gasteiger partial charge in [0.25, 0.3) is 5.56 Å². The third-order valence-electron chi connectivity index (χ3n) is 4.59. The number of amides is 1. The predicted molar refractivity (Wildman–Crippen MR) is 97.1 cm³/mol. The van der Waals surface area contributed by atoms with Gasteiger partial charge in [0.1, 0.15) is 0 Å². The van der Waals surface area contributed by atoms with Gasteiger partial charge in [-0.05, 0) is 43.4 Å². The van der Waals surface area contributed by atoms with Crippen molar-refractivity contribution in [2.45, 2.75) is 19.8 Å². The van der Waals surface area contributed by atoms with Gasteiger partial charge < -0.3 is 10.3 Å². The molecule has 2 aromatic rings. The monoisotopic (exact) mass is 363 g/mol. The van der Waals surface area contributed by atoms with Crippen molar-refractivity contribution < 1.29 is 13.2 Å². The molecule has 0 atom stereocenters. The molecule has 1 aliphatic rings. The number of aromatic nitrogens is 1. The van der Waals surface area contributed by atoms with E-state index in [4.69, 9.17) is 0 Å². The number of H-pyrrole nitrogens is 1. The highest BCUT2D eigenvalue weighted by Crippen LogP contribution is 2.22. The first-order valence-corrected chi connectivity index (χ1v) is 9.98. The van der Waals surface area contributed by atoms with Crippen molar-refractivity contribution in [1.82, 2.24) is 9.29 Å². The molecule has 2 N–H and O–H groups in total. The number of pyridine rings is 1. The van der Waals surface area contributed by atoms with Crippen molar-refractivity contribution in [2.24, 2.45) is 5.92 Å². The molecule has 0 bridgehead atoms. The molecule has 3 rings (SSSR count). The molecule has 1 aromatic carbocycles. The van der Waals surface area contributed by atoms with Crippen LogP contribution in [0.4, 0.5) is 5.69 Å². The van der Waals surface area contributed by atoms with E-state index >= 15 is 0 Å². The first kappa shape index (κ1) is 17.6. The Balaban J connectivity index is 1.70. The Bertz CT molecular complexity index is 973. The Morgan fingerprint density at radius 3 is 2.56 bits per heavy atom. The van der Waals surface area contributed by atoms with Gasteiger partial charge >= 0.3 is 0 Å². The number of hydrogen-bond acceptors (Lipinski definition) is 4. The van der Waals surface area contributed by atoms with Gasteiger partial charge in [-0.25, -0.2) is 12.7 Å². The lowest BCUT2D eigenvalue weighted by molar-refractivity contribution is -0.120. The number of nitrogens with one attached hydrogen (secondary N) is 2. The molecule has 0 aliphatic carbocycles. The molecule has 1 saturated heterocycles. The smallest absolute Gasteiger partial charge is 0.251 e. The first-order chi connectivity index (χ1) is 11.7. The number of fused-ring (bicyclic) bond motifs is 1. The quantitative estimate of drug-likeness (QED) is 0.862. The summed E-state index contributed by atoms with van der Waals surface area (Å²) in [5, 5.41) is 3.76. The average Bonchev–Trinajstić information content (AvgIpc) is 2.55. The zero-order chi connectivity index (χ0) is 18.2. The van der Waals surface area contributed by atoms with E-state index in [2.05, 4.69) is 10.3 Å². The Kier molecular flexibility index (Phi) is 4.66. The molecule has 1 fully saturated rings. The number of nitrogens with zero attached hydrogens (tertiary/aromatic N) is 1. The number of sulfonamides is 1. The van der Waals surface area contributed by atoms with Gasteiger partial charge in [-0.2, -0.15) is 0 Å². The fourth-order valence-electron chi connectivity index (χ4n) is 3.08. The minimum absolute atomic E-state index is 0.123. The van der Waals surface area contributed by atoms with E-state index < -0.39 is 10.0 Å². The Morgan fingerprint density at radius 1 is 1.24 bits per heavy atom. The third-order valence-corrected chi connectivity index (χ3v) is 5.90. The van der Waals surface area contributed by atoms with E-state index in [0.717, 1.165) is 5.39 Å². The Morgan fingerprint density at radius 2 is 1.92 bits per heavy atom. The number of hydrogen-bond donors (Lipinski definition) is 2. The average molecular weight is 363 g/mol.